The van der Waals surface area contributed by atoms with Crippen LogP contribution in [0.1, 0.15) is 22.8 Å². The largest absolute Gasteiger partial charge is 0.399 e. The van der Waals surface area contributed by atoms with Crippen molar-refractivity contribution in [2.75, 3.05) is 12.3 Å². The van der Waals surface area contributed by atoms with Crippen LogP contribution >= 0.6 is 15.9 Å². The topological polar surface area (TPSA) is 46.3 Å². The normalized spacial score (nSPS) is 10.4. The van der Waals surface area contributed by atoms with Crippen LogP contribution in [0, 0.1) is 5.82 Å². The van der Waals surface area contributed by atoms with Crippen LogP contribution in [-0.2, 0) is 6.54 Å². The fourth-order valence-electron chi connectivity index (χ4n) is 2.00. The second kappa shape index (κ2) is 6.72. The van der Waals surface area contributed by atoms with E-state index >= 15 is 0 Å². The predicted molar refractivity (Wildman–Crippen MR) is 85.4 cm³/mol. The number of nitrogens with two attached hydrogens (primary N) is 1. The lowest BCUT2D eigenvalue weighted by Gasteiger charge is -2.21. The van der Waals surface area contributed by atoms with Gasteiger partial charge in [-0.15, -0.1) is 0 Å². The minimum atomic E-state index is -0.375. The summed E-state index contributed by atoms with van der Waals surface area (Å²) < 4.78 is 13.6. The van der Waals surface area contributed by atoms with Gasteiger partial charge < -0.3 is 10.6 Å². The van der Waals surface area contributed by atoms with Gasteiger partial charge in [0, 0.05) is 23.2 Å². The molecule has 0 aromatic heterocycles. The number of hydrogen-bond acceptors (Lipinski definition) is 2. The van der Waals surface area contributed by atoms with E-state index in [-0.39, 0.29) is 11.7 Å². The lowest BCUT2D eigenvalue weighted by Crippen LogP contribution is -2.30. The van der Waals surface area contributed by atoms with Crippen LogP contribution < -0.4 is 5.73 Å². The fraction of sp³-hybridized carbons (Fsp3) is 0.188. The number of anilines is 1. The maximum atomic E-state index is 13.1. The third-order valence-electron chi connectivity index (χ3n) is 3.18. The molecule has 3 nitrogen and oxygen atoms in total. The first-order valence-corrected chi connectivity index (χ1v) is 7.39. The number of hydrogen-bond donors (Lipinski definition) is 1. The highest BCUT2D eigenvalue weighted by Crippen LogP contribution is 2.21. The molecule has 0 aliphatic carbocycles. The molecule has 5 heteroatoms. The van der Waals surface area contributed by atoms with Crippen LogP contribution in [0.3, 0.4) is 0 Å². The molecule has 0 aliphatic heterocycles. The van der Waals surface area contributed by atoms with Gasteiger partial charge in [0.2, 0.25) is 0 Å². The minimum absolute atomic E-state index is 0.138. The quantitative estimate of drug-likeness (QED) is 0.851. The summed E-state index contributed by atoms with van der Waals surface area (Å²) in [5, 5.41) is 0. The number of nitrogens with zero attached hydrogens (tertiary/aromatic N) is 1. The summed E-state index contributed by atoms with van der Waals surface area (Å²) in [6.45, 7) is 2.96. The van der Waals surface area contributed by atoms with Gasteiger partial charge in [0.1, 0.15) is 5.82 Å². The van der Waals surface area contributed by atoms with Gasteiger partial charge in [-0.1, -0.05) is 12.1 Å². The summed E-state index contributed by atoms with van der Waals surface area (Å²) in [4.78, 5) is 14.2. The first-order chi connectivity index (χ1) is 10.0. The van der Waals surface area contributed by atoms with Gasteiger partial charge in [0.25, 0.3) is 5.91 Å². The van der Waals surface area contributed by atoms with Gasteiger partial charge in [0.05, 0.1) is 5.56 Å². The van der Waals surface area contributed by atoms with Crippen molar-refractivity contribution in [3.05, 3.63) is 63.9 Å². The third-order valence-corrected chi connectivity index (χ3v) is 3.84. The van der Waals surface area contributed by atoms with Crippen LogP contribution in [0.2, 0.25) is 0 Å². The second-order valence-electron chi connectivity index (χ2n) is 4.69. The van der Waals surface area contributed by atoms with Crippen LogP contribution in [-0.4, -0.2) is 17.4 Å². The summed E-state index contributed by atoms with van der Waals surface area (Å²) in [5.74, 6) is -0.513. The van der Waals surface area contributed by atoms with Crippen molar-refractivity contribution in [2.24, 2.45) is 0 Å². The van der Waals surface area contributed by atoms with E-state index in [0.29, 0.717) is 28.8 Å². The Balaban J connectivity index is 2.20. The van der Waals surface area contributed by atoms with E-state index in [1.54, 1.807) is 4.90 Å². The number of rotatable bonds is 4. The van der Waals surface area contributed by atoms with Gasteiger partial charge in [-0.05, 0) is 58.7 Å². The highest BCUT2D eigenvalue weighted by atomic mass is 79.9. The maximum absolute atomic E-state index is 13.1. The lowest BCUT2D eigenvalue weighted by molar-refractivity contribution is 0.0751. The molecule has 0 saturated carbocycles. The van der Waals surface area contributed by atoms with Crippen LogP contribution in [0.25, 0.3) is 0 Å². The van der Waals surface area contributed by atoms with E-state index in [9.17, 15) is 9.18 Å². The van der Waals surface area contributed by atoms with Gasteiger partial charge in [-0.3, -0.25) is 4.79 Å². The molecule has 0 fully saturated rings. The van der Waals surface area contributed by atoms with Crippen molar-refractivity contribution < 1.29 is 9.18 Å². The first kappa shape index (κ1) is 15.5. The lowest BCUT2D eigenvalue weighted by atomic mass is 10.1. The number of carbonyl (C=O) groups is 1. The van der Waals surface area contributed by atoms with Gasteiger partial charge >= 0.3 is 0 Å². The Labute approximate surface area is 131 Å². The molecule has 2 N–H and O–H groups in total. The Morgan fingerprint density at radius 3 is 2.48 bits per heavy atom. The van der Waals surface area contributed by atoms with E-state index in [1.165, 1.54) is 18.2 Å². The molecule has 21 heavy (non-hydrogen) atoms. The zero-order valence-electron chi connectivity index (χ0n) is 11.6. The Bertz CT molecular complexity index is 643. The number of amides is 1. The van der Waals surface area contributed by atoms with Crippen molar-refractivity contribution in [1.29, 1.82) is 0 Å². The van der Waals surface area contributed by atoms with E-state index in [2.05, 4.69) is 15.9 Å². The third kappa shape index (κ3) is 3.82. The van der Waals surface area contributed by atoms with E-state index in [4.69, 9.17) is 5.73 Å². The second-order valence-corrected chi connectivity index (χ2v) is 5.54. The van der Waals surface area contributed by atoms with E-state index < -0.39 is 0 Å². The average molecular weight is 351 g/mol. The predicted octanol–water partition coefficient (Wildman–Crippen LogP) is 3.83. The molecule has 1 amide bonds. The zero-order valence-corrected chi connectivity index (χ0v) is 13.2. The number of carbonyl (C=O) groups excluding carboxylic acids is 1. The molecule has 0 aliphatic rings. The molecule has 2 aromatic rings. The Morgan fingerprint density at radius 2 is 1.90 bits per heavy atom. The molecule has 0 bridgehead atoms. The Morgan fingerprint density at radius 1 is 1.24 bits per heavy atom. The summed E-state index contributed by atoms with van der Waals surface area (Å²) in [7, 11) is 0. The Hall–Kier alpha value is -1.88. The number of benzene rings is 2. The van der Waals surface area contributed by atoms with Crippen LogP contribution in [0.4, 0.5) is 10.1 Å². The molecule has 0 unspecified atom stereocenters. The summed E-state index contributed by atoms with van der Waals surface area (Å²) in [5.41, 5.74) is 7.79. The molecule has 0 atom stereocenters. The molecule has 0 heterocycles. The average Bonchev–Trinajstić information content (AvgIpc) is 2.46. The van der Waals surface area contributed by atoms with E-state index in [0.717, 1.165) is 5.56 Å². The molecule has 0 spiro atoms. The number of nitrogen functional groups attached to an aromatic ring is 1. The molecule has 2 rings (SSSR count). The van der Waals surface area contributed by atoms with Crippen molar-refractivity contribution >= 4 is 27.5 Å². The molecule has 2 aromatic carbocycles. The van der Waals surface area contributed by atoms with Gasteiger partial charge in [-0.25, -0.2) is 4.39 Å². The maximum Gasteiger partial charge on any atom is 0.255 e. The van der Waals surface area contributed by atoms with Crippen molar-refractivity contribution in [1.82, 2.24) is 4.90 Å². The molecule has 0 radical (unpaired) electrons. The van der Waals surface area contributed by atoms with Gasteiger partial charge in [0.15, 0.2) is 0 Å². The van der Waals surface area contributed by atoms with Crippen LogP contribution in [0.5, 0.6) is 0 Å². The standard InChI is InChI=1S/C16H16BrFN2O/c1-2-20(10-11-3-6-13(19)7-4-11)16(21)14-8-5-12(18)9-15(14)17/h3-9H,2,10,19H2,1H3. The van der Waals surface area contributed by atoms with E-state index in [1.807, 2.05) is 31.2 Å². The summed E-state index contributed by atoms with van der Waals surface area (Å²) >= 11 is 3.24. The zero-order chi connectivity index (χ0) is 15.4. The fourth-order valence-corrected chi connectivity index (χ4v) is 2.52. The molecular formula is C16H16BrFN2O. The summed E-state index contributed by atoms with van der Waals surface area (Å²) in [6.07, 6.45) is 0. The SMILES string of the molecule is CCN(Cc1ccc(N)cc1)C(=O)c1ccc(F)cc1Br. The van der Waals surface area contributed by atoms with Crippen LogP contribution in [0.15, 0.2) is 46.9 Å². The monoisotopic (exact) mass is 350 g/mol. The molecule has 0 saturated heterocycles. The number of halogens is 2. The van der Waals surface area contributed by atoms with Crippen molar-refractivity contribution in [3.63, 3.8) is 0 Å². The summed E-state index contributed by atoms with van der Waals surface area (Å²) in [6, 6.07) is 11.5. The van der Waals surface area contributed by atoms with Crippen molar-refractivity contribution in [3.8, 4) is 0 Å². The highest BCUT2D eigenvalue weighted by Gasteiger charge is 2.17. The molecular weight excluding hydrogens is 335 g/mol. The molecule has 110 valence electrons. The minimum Gasteiger partial charge on any atom is -0.399 e. The Kier molecular flexibility index (Phi) is 4.96. The first-order valence-electron chi connectivity index (χ1n) is 6.60. The smallest absolute Gasteiger partial charge is 0.255 e. The highest BCUT2D eigenvalue weighted by molar-refractivity contribution is 9.10. The van der Waals surface area contributed by atoms with Gasteiger partial charge in [-0.2, -0.15) is 0 Å². The van der Waals surface area contributed by atoms with Crippen molar-refractivity contribution in [2.45, 2.75) is 13.5 Å².